The Kier molecular flexibility index (Phi) is 7.33. The third-order valence-electron chi connectivity index (χ3n) is 10.7. The summed E-state index contributed by atoms with van der Waals surface area (Å²) in [4.78, 5) is 54.7. The quantitative estimate of drug-likeness (QED) is 0.391. The van der Waals surface area contributed by atoms with Crippen LogP contribution in [0.15, 0.2) is 41.5 Å². The number of methoxy groups -OCH3 is 1. The topological polar surface area (TPSA) is 146 Å². The molecule has 4 aliphatic rings. The van der Waals surface area contributed by atoms with Crippen molar-refractivity contribution in [2.75, 3.05) is 13.7 Å². The Bertz CT molecular complexity index is 1350. The maximum absolute atomic E-state index is 15.0. The van der Waals surface area contributed by atoms with Gasteiger partial charge in [-0.3, -0.25) is 14.4 Å². The van der Waals surface area contributed by atoms with Crippen molar-refractivity contribution < 1.29 is 48.3 Å². The van der Waals surface area contributed by atoms with Gasteiger partial charge in [-0.05, 0) is 43.5 Å². The summed E-state index contributed by atoms with van der Waals surface area (Å²) in [6.07, 6.45) is -4.91. The monoisotopic (exact) mass is 584 g/mol. The fourth-order valence-corrected chi connectivity index (χ4v) is 8.47. The van der Waals surface area contributed by atoms with Gasteiger partial charge < -0.3 is 29.2 Å². The van der Waals surface area contributed by atoms with Crippen LogP contribution in [-0.4, -0.2) is 83.1 Å². The van der Waals surface area contributed by atoms with Gasteiger partial charge in [-0.25, -0.2) is 4.79 Å². The number of hydrogen-bond donors (Lipinski definition) is 2. The minimum Gasteiger partial charge on any atom is -0.455 e. The minimum atomic E-state index is -2.00. The standard InChI is InChI=1S/C32H40O10/c1-16-21(35)14-32(38)27(41-28(37)19-11-9-8-10-12-19)25-30(6,26(36)24(39-7)23(16)29(32,4)5)20(17(2)33)13-22-31(25,15-40-22)42-18(3)34/h8-12,20-22,24-25,27,35,38H,13-15H2,1-7H3/t20-,21+,22-,24-,25+,27+,30-,31+,32-/m1/s1. The minimum absolute atomic E-state index is 0.0830. The number of carbonyl (C=O) groups is 4. The van der Waals surface area contributed by atoms with Crippen molar-refractivity contribution in [1.29, 1.82) is 0 Å². The summed E-state index contributed by atoms with van der Waals surface area (Å²) in [7, 11) is 1.37. The van der Waals surface area contributed by atoms with E-state index < -0.39 is 76.0 Å². The highest BCUT2D eigenvalue weighted by Gasteiger charge is 2.78. The Hall–Kier alpha value is -2.92. The van der Waals surface area contributed by atoms with Crippen molar-refractivity contribution in [2.24, 2.45) is 22.7 Å². The molecule has 0 unspecified atom stereocenters. The van der Waals surface area contributed by atoms with Crippen molar-refractivity contribution in [3.63, 3.8) is 0 Å². The second kappa shape index (κ2) is 10.1. The first kappa shape index (κ1) is 30.5. The molecule has 1 aromatic carbocycles. The molecule has 10 nitrogen and oxygen atoms in total. The van der Waals surface area contributed by atoms with Crippen molar-refractivity contribution in [3.8, 4) is 0 Å². The van der Waals surface area contributed by atoms with Gasteiger partial charge in [0, 0.05) is 37.2 Å². The molecule has 2 N–H and O–H groups in total. The van der Waals surface area contributed by atoms with Crippen LogP contribution in [0, 0.1) is 22.7 Å². The van der Waals surface area contributed by atoms with Gasteiger partial charge in [-0.2, -0.15) is 0 Å². The second-order valence-electron chi connectivity index (χ2n) is 13.0. The Balaban J connectivity index is 1.86. The SMILES string of the molecule is CO[C@H]1C(=O)[C@]2(C)[C@@H](C(C)=O)C[C@H]3OC[C@@]3(OC(C)=O)[C@H]2[C@H](OC(=O)c2ccccc2)[C@]2(O)C[C@H](O)C(C)=C1C2(C)C. The number of hydrogen-bond acceptors (Lipinski definition) is 10. The van der Waals surface area contributed by atoms with E-state index in [-0.39, 0.29) is 30.8 Å². The average Bonchev–Trinajstić information content (AvgIpc) is 2.91. The first-order valence-corrected chi connectivity index (χ1v) is 14.3. The van der Waals surface area contributed by atoms with Crippen LogP contribution in [0.25, 0.3) is 0 Å². The molecule has 0 aromatic heterocycles. The van der Waals surface area contributed by atoms with E-state index in [9.17, 15) is 29.4 Å². The summed E-state index contributed by atoms with van der Waals surface area (Å²) in [5.74, 6) is -4.37. The van der Waals surface area contributed by atoms with E-state index in [1.807, 2.05) is 0 Å². The molecule has 1 heterocycles. The normalized spacial score (nSPS) is 40.5. The molecule has 1 aliphatic heterocycles. The highest BCUT2D eigenvalue weighted by Crippen LogP contribution is 2.65. The smallest absolute Gasteiger partial charge is 0.338 e. The lowest BCUT2D eigenvalue weighted by Crippen LogP contribution is -2.81. The number of aliphatic hydroxyl groups excluding tert-OH is 1. The number of ether oxygens (including phenoxy) is 4. The molecule has 3 fully saturated rings. The number of ketones is 2. The van der Waals surface area contributed by atoms with E-state index in [0.29, 0.717) is 11.1 Å². The lowest BCUT2D eigenvalue weighted by Gasteiger charge is -2.68. The van der Waals surface area contributed by atoms with Crippen LogP contribution in [0.1, 0.15) is 64.7 Å². The maximum atomic E-state index is 15.0. The van der Waals surface area contributed by atoms with E-state index in [0.717, 1.165) is 0 Å². The molecule has 2 saturated carbocycles. The van der Waals surface area contributed by atoms with Gasteiger partial charge in [0.15, 0.2) is 11.4 Å². The number of aliphatic hydroxyl groups is 2. The van der Waals surface area contributed by atoms with Crippen LogP contribution in [0.5, 0.6) is 0 Å². The number of rotatable bonds is 5. The Morgan fingerprint density at radius 2 is 1.71 bits per heavy atom. The van der Waals surface area contributed by atoms with Crippen LogP contribution in [0.4, 0.5) is 0 Å². The van der Waals surface area contributed by atoms with Gasteiger partial charge >= 0.3 is 11.9 Å². The fourth-order valence-electron chi connectivity index (χ4n) is 8.47. The summed E-state index contributed by atoms with van der Waals surface area (Å²) < 4.78 is 24.1. The second-order valence-corrected chi connectivity index (χ2v) is 13.0. The molecule has 0 radical (unpaired) electrons. The number of esters is 2. The first-order valence-electron chi connectivity index (χ1n) is 14.3. The molecular formula is C32H40O10. The Morgan fingerprint density at radius 3 is 2.24 bits per heavy atom. The summed E-state index contributed by atoms with van der Waals surface area (Å²) in [6, 6.07) is 8.20. The Labute approximate surface area is 245 Å². The predicted molar refractivity (Wildman–Crippen MR) is 148 cm³/mol. The third kappa shape index (κ3) is 3.98. The zero-order valence-corrected chi connectivity index (χ0v) is 25.1. The molecule has 42 heavy (non-hydrogen) atoms. The van der Waals surface area contributed by atoms with Crippen molar-refractivity contribution >= 4 is 23.5 Å². The van der Waals surface area contributed by atoms with Crippen molar-refractivity contribution in [3.05, 3.63) is 47.0 Å². The molecule has 228 valence electrons. The lowest BCUT2D eigenvalue weighted by atomic mass is 9.42. The van der Waals surface area contributed by atoms with Crippen LogP contribution in [0.2, 0.25) is 0 Å². The van der Waals surface area contributed by atoms with Gasteiger partial charge in [0.1, 0.15) is 29.7 Å². The number of fused-ring (bicyclic) bond motifs is 5. The third-order valence-corrected chi connectivity index (χ3v) is 10.7. The largest absolute Gasteiger partial charge is 0.455 e. The van der Waals surface area contributed by atoms with E-state index in [2.05, 4.69) is 0 Å². The molecule has 3 aliphatic carbocycles. The van der Waals surface area contributed by atoms with E-state index >= 15 is 0 Å². The molecule has 9 atom stereocenters. The van der Waals surface area contributed by atoms with Gasteiger partial charge in [-0.15, -0.1) is 0 Å². The van der Waals surface area contributed by atoms with Gasteiger partial charge in [0.2, 0.25) is 0 Å². The van der Waals surface area contributed by atoms with Crippen LogP contribution in [0.3, 0.4) is 0 Å². The zero-order chi connectivity index (χ0) is 31.0. The number of benzene rings is 1. The molecule has 0 spiro atoms. The van der Waals surface area contributed by atoms with E-state index in [4.69, 9.17) is 18.9 Å². The van der Waals surface area contributed by atoms with Crippen LogP contribution in [-0.2, 0) is 33.3 Å². The maximum Gasteiger partial charge on any atom is 0.338 e. The molecule has 0 amide bonds. The molecule has 2 bridgehead atoms. The molecule has 10 heteroatoms. The lowest BCUT2D eigenvalue weighted by molar-refractivity contribution is -0.338. The van der Waals surface area contributed by atoms with Gasteiger partial charge in [0.25, 0.3) is 0 Å². The summed E-state index contributed by atoms with van der Waals surface area (Å²) in [5.41, 5.74) is -5.39. The molecular weight excluding hydrogens is 544 g/mol. The molecule has 1 saturated heterocycles. The first-order chi connectivity index (χ1) is 19.6. The zero-order valence-electron chi connectivity index (χ0n) is 25.1. The fraction of sp³-hybridized carbons (Fsp3) is 0.625. The van der Waals surface area contributed by atoms with Gasteiger partial charge in [0.05, 0.1) is 24.2 Å². The molecule has 5 rings (SSSR count). The van der Waals surface area contributed by atoms with Crippen LogP contribution < -0.4 is 0 Å². The van der Waals surface area contributed by atoms with Crippen molar-refractivity contribution in [1.82, 2.24) is 0 Å². The summed E-state index contributed by atoms with van der Waals surface area (Å²) in [6.45, 7) is 9.24. The van der Waals surface area contributed by atoms with Crippen LogP contribution >= 0.6 is 0 Å². The highest BCUT2D eigenvalue weighted by molar-refractivity contribution is 5.98. The van der Waals surface area contributed by atoms with E-state index in [1.165, 1.54) is 21.0 Å². The average molecular weight is 585 g/mol. The predicted octanol–water partition coefficient (Wildman–Crippen LogP) is 2.58. The summed E-state index contributed by atoms with van der Waals surface area (Å²) >= 11 is 0. The summed E-state index contributed by atoms with van der Waals surface area (Å²) in [5, 5.41) is 24.2. The van der Waals surface area contributed by atoms with Gasteiger partial charge in [-0.1, -0.05) is 39.0 Å². The van der Waals surface area contributed by atoms with E-state index in [1.54, 1.807) is 58.0 Å². The number of Topliss-reactive ketones (excluding diaryl/α,β-unsaturated/α-hetero) is 2. The van der Waals surface area contributed by atoms with Crippen molar-refractivity contribution in [2.45, 2.75) is 90.0 Å². The Morgan fingerprint density at radius 1 is 1.07 bits per heavy atom. The highest BCUT2D eigenvalue weighted by atomic mass is 16.6. The number of carbonyl (C=O) groups excluding carboxylic acids is 4. The molecule has 1 aromatic rings.